The van der Waals surface area contributed by atoms with E-state index >= 15 is 0 Å². The molecule has 0 saturated heterocycles. The van der Waals surface area contributed by atoms with Crippen molar-refractivity contribution in [1.29, 1.82) is 0 Å². The second-order valence-electron chi connectivity index (χ2n) is 8.20. The van der Waals surface area contributed by atoms with Gasteiger partial charge in [-0.25, -0.2) is 29.7 Å². The Balaban J connectivity index is 1.65. The highest BCUT2D eigenvalue weighted by atomic mass is 16.3. The summed E-state index contributed by atoms with van der Waals surface area (Å²) < 4.78 is 0. The number of hydrogen-bond acceptors (Lipinski definition) is 8. The van der Waals surface area contributed by atoms with Gasteiger partial charge in [-0.2, -0.15) is 0 Å². The molecule has 2 amide bonds. The Kier molecular flexibility index (Phi) is 5.83. The molecule has 0 fully saturated rings. The normalized spacial score (nSPS) is 16.6. The molecule has 0 aliphatic carbocycles. The van der Waals surface area contributed by atoms with Crippen molar-refractivity contribution in [2.24, 2.45) is 0 Å². The average Bonchev–Trinajstić information content (AvgIpc) is 2.76. The van der Waals surface area contributed by atoms with Gasteiger partial charge in [-0.05, 0) is 19.3 Å². The molecule has 0 spiro atoms. The number of H-pyrrole nitrogens is 1. The van der Waals surface area contributed by atoms with Crippen LogP contribution in [0.25, 0.3) is 11.0 Å². The van der Waals surface area contributed by atoms with E-state index < -0.39 is 12.3 Å². The summed E-state index contributed by atoms with van der Waals surface area (Å²) in [4.78, 5) is 49.1. The van der Waals surface area contributed by atoms with Gasteiger partial charge < -0.3 is 20.7 Å². The monoisotopic (exact) mass is 438 g/mol. The van der Waals surface area contributed by atoms with Gasteiger partial charge in [-0.3, -0.25) is 4.79 Å². The number of rotatable bonds is 6. The van der Waals surface area contributed by atoms with Gasteiger partial charge in [0.2, 0.25) is 0 Å². The van der Waals surface area contributed by atoms with Gasteiger partial charge in [0.25, 0.3) is 5.56 Å². The summed E-state index contributed by atoms with van der Waals surface area (Å²) in [6.07, 6.45) is 1.96. The Morgan fingerprint density at radius 3 is 2.50 bits per heavy atom. The molecule has 0 bridgehead atoms. The summed E-state index contributed by atoms with van der Waals surface area (Å²) >= 11 is 0. The minimum atomic E-state index is -1.19. The topological polar surface area (TPSA) is 159 Å². The number of aliphatic hydroxyl groups excluding tert-OH is 1. The Labute approximate surface area is 184 Å². The highest BCUT2D eigenvalue weighted by molar-refractivity contribution is 5.93. The smallest absolute Gasteiger partial charge is 0.321 e. The molecule has 2 unspecified atom stereocenters. The van der Waals surface area contributed by atoms with Gasteiger partial charge in [0.15, 0.2) is 11.7 Å². The minimum Gasteiger partial charge on any atom is -0.368 e. The molecule has 0 saturated carbocycles. The molecule has 0 aromatic carbocycles. The van der Waals surface area contributed by atoms with E-state index in [-0.39, 0.29) is 22.9 Å². The molecule has 11 nitrogen and oxygen atoms in total. The fourth-order valence-corrected chi connectivity index (χ4v) is 3.65. The molecular formula is C21H26N8O3. The predicted molar refractivity (Wildman–Crippen MR) is 117 cm³/mol. The highest BCUT2D eigenvalue weighted by Crippen LogP contribution is 2.30. The van der Waals surface area contributed by atoms with Crippen molar-refractivity contribution < 1.29 is 9.90 Å². The van der Waals surface area contributed by atoms with Crippen molar-refractivity contribution in [2.45, 2.75) is 65.0 Å². The van der Waals surface area contributed by atoms with Gasteiger partial charge in [0.05, 0.1) is 23.4 Å². The molecule has 0 radical (unpaired) electrons. The minimum absolute atomic E-state index is 0.0649. The van der Waals surface area contributed by atoms with Crippen LogP contribution in [0, 0.1) is 0 Å². The van der Waals surface area contributed by atoms with Gasteiger partial charge in [-0.1, -0.05) is 27.7 Å². The maximum absolute atomic E-state index is 12.3. The van der Waals surface area contributed by atoms with Crippen LogP contribution in [0.4, 0.5) is 10.5 Å². The molecule has 1 aliphatic rings. The second kappa shape index (κ2) is 8.58. The third-order valence-corrected chi connectivity index (χ3v) is 5.48. The first-order valence-electron chi connectivity index (χ1n) is 10.7. The van der Waals surface area contributed by atoms with E-state index in [0.717, 1.165) is 0 Å². The van der Waals surface area contributed by atoms with Crippen molar-refractivity contribution in [3.8, 4) is 0 Å². The number of aryl methyl sites for hydroxylation is 2. The van der Waals surface area contributed by atoms with Crippen LogP contribution in [0.2, 0.25) is 0 Å². The van der Waals surface area contributed by atoms with E-state index in [0.29, 0.717) is 59.2 Å². The Morgan fingerprint density at radius 1 is 1.03 bits per heavy atom. The third-order valence-electron chi connectivity index (χ3n) is 5.48. The lowest BCUT2D eigenvalue weighted by atomic mass is 10.0. The Hall–Kier alpha value is -3.47. The molecule has 4 N–H and O–H groups in total. The van der Waals surface area contributed by atoms with Crippen molar-refractivity contribution in [1.82, 2.24) is 35.2 Å². The predicted octanol–water partition coefficient (Wildman–Crippen LogP) is 2.05. The molecule has 3 aromatic rings. The standard InChI is InChI=1S/C21H26N8O3/c1-5-11-14-16(20(31)29-21(32)28-14)27-18(24-11)10(4)6-7-12-13-15(19(30)23-8-22-13)26-17(25-12)9(2)3/h8-10,20,31H,5-7H2,1-4H3,(H,22,23,30)(H2,28,29,32). The van der Waals surface area contributed by atoms with Gasteiger partial charge in [0, 0.05) is 11.8 Å². The highest BCUT2D eigenvalue weighted by Gasteiger charge is 2.28. The number of nitrogens with zero attached hydrogens (tertiary/aromatic N) is 5. The van der Waals surface area contributed by atoms with E-state index in [2.05, 4.69) is 40.5 Å². The molecule has 4 heterocycles. The number of carbonyl (C=O) groups is 1. The Morgan fingerprint density at radius 2 is 1.78 bits per heavy atom. The molecular weight excluding hydrogens is 412 g/mol. The van der Waals surface area contributed by atoms with Crippen LogP contribution in [0.15, 0.2) is 11.1 Å². The number of aromatic nitrogens is 6. The lowest BCUT2D eigenvalue weighted by Gasteiger charge is -2.25. The van der Waals surface area contributed by atoms with Crippen LogP contribution in [0.3, 0.4) is 0 Å². The molecule has 4 rings (SSSR count). The average molecular weight is 438 g/mol. The van der Waals surface area contributed by atoms with E-state index in [1.54, 1.807) is 0 Å². The van der Waals surface area contributed by atoms with E-state index in [1.165, 1.54) is 6.33 Å². The molecule has 1 aliphatic heterocycles. The van der Waals surface area contributed by atoms with Crippen LogP contribution < -0.4 is 16.2 Å². The van der Waals surface area contributed by atoms with Crippen molar-refractivity contribution in [3.05, 3.63) is 45.4 Å². The molecule has 3 aromatic heterocycles. The SMILES string of the molecule is CCc1nc(C(C)CCc2nc(C(C)C)nc3c(=O)[nH]cnc23)nc2c1NC(=O)NC2O. The summed E-state index contributed by atoms with van der Waals surface area (Å²) in [5, 5.41) is 15.4. The maximum Gasteiger partial charge on any atom is 0.321 e. The van der Waals surface area contributed by atoms with Crippen LogP contribution in [0.1, 0.15) is 80.9 Å². The fourth-order valence-electron chi connectivity index (χ4n) is 3.65. The first kappa shape index (κ1) is 21.8. The van der Waals surface area contributed by atoms with Crippen LogP contribution in [-0.4, -0.2) is 41.0 Å². The van der Waals surface area contributed by atoms with Crippen molar-refractivity contribution in [2.75, 3.05) is 5.32 Å². The molecule has 11 heteroatoms. The Bertz CT molecular complexity index is 1240. The van der Waals surface area contributed by atoms with E-state index in [9.17, 15) is 14.7 Å². The number of anilines is 1. The lowest BCUT2D eigenvalue weighted by molar-refractivity contribution is 0.139. The lowest BCUT2D eigenvalue weighted by Crippen LogP contribution is -2.39. The number of urea groups is 1. The third kappa shape index (κ3) is 4.03. The van der Waals surface area contributed by atoms with Crippen LogP contribution >= 0.6 is 0 Å². The molecule has 168 valence electrons. The first-order chi connectivity index (χ1) is 15.3. The number of fused-ring (bicyclic) bond motifs is 2. The van der Waals surface area contributed by atoms with Gasteiger partial charge in [-0.15, -0.1) is 0 Å². The summed E-state index contributed by atoms with van der Waals surface area (Å²) in [5.74, 6) is 1.17. The van der Waals surface area contributed by atoms with E-state index in [1.807, 2.05) is 27.7 Å². The fraction of sp³-hybridized carbons (Fsp3) is 0.476. The maximum atomic E-state index is 12.3. The summed E-state index contributed by atoms with van der Waals surface area (Å²) in [6.45, 7) is 7.88. The number of nitrogens with one attached hydrogen (secondary N) is 3. The zero-order valence-corrected chi connectivity index (χ0v) is 18.4. The molecule has 32 heavy (non-hydrogen) atoms. The van der Waals surface area contributed by atoms with E-state index in [4.69, 9.17) is 0 Å². The second-order valence-corrected chi connectivity index (χ2v) is 8.20. The first-order valence-corrected chi connectivity index (χ1v) is 10.7. The zero-order valence-electron chi connectivity index (χ0n) is 18.4. The number of aromatic amines is 1. The number of hydrogen-bond donors (Lipinski definition) is 4. The largest absolute Gasteiger partial charge is 0.368 e. The zero-order chi connectivity index (χ0) is 23.0. The van der Waals surface area contributed by atoms with Gasteiger partial charge in [0.1, 0.15) is 22.9 Å². The van der Waals surface area contributed by atoms with Crippen molar-refractivity contribution in [3.63, 3.8) is 0 Å². The summed E-state index contributed by atoms with van der Waals surface area (Å²) in [6, 6.07) is -0.483. The number of amides is 2. The van der Waals surface area contributed by atoms with Crippen LogP contribution in [0.5, 0.6) is 0 Å². The molecule has 2 atom stereocenters. The number of carbonyl (C=O) groups excluding carboxylic acids is 1. The summed E-state index contributed by atoms with van der Waals surface area (Å²) in [7, 11) is 0. The van der Waals surface area contributed by atoms with Crippen LogP contribution in [-0.2, 0) is 12.8 Å². The number of aliphatic hydroxyl groups is 1. The summed E-state index contributed by atoms with van der Waals surface area (Å²) in [5.41, 5.74) is 2.70. The van der Waals surface area contributed by atoms with Crippen molar-refractivity contribution >= 4 is 22.8 Å². The van der Waals surface area contributed by atoms with Gasteiger partial charge >= 0.3 is 6.03 Å². The quantitative estimate of drug-likeness (QED) is 0.455.